The predicted molar refractivity (Wildman–Crippen MR) is 84.4 cm³/mol. The van der Waals surface area contributed by atoms with Gasteiger partial charge in [0.15, 0.2) is 0 Å². The van der Waals surface area contributed by atoms with Gasteiger partial charge in [-0.05, 0) is 25.2 Å². The van der Waals surface area contributed by atoms with Crippen LogP contribution in [0, 0.1) is 11.3 Å². The summed E-state index contributed by atoms with van der Waals surface area (Å²) in [4.78, 5) is 0. The average molecular weight is 260 g/mol. The standard InChI is InChI=1S/C17H28Si/c1-6-7-11-15-14-10-8-9-12-17(2,13-14)16(15)18(3,4)5/h8-10,12,14H,6-7,11,13H2,1-5H3. The van der Waals surface area contributed by atoms with E-state index in [1.165, 1.54) is 25.7 Å². The van der Waals surface area contributed by atoms with Gasteiger partial charge in [0.1, 0.15) is 0 Å². The zero-order valence-electron chi connectivity index (χ0n) is 12.7. The minimum absolute atomic E-state index is 0.349. The summed E-state index contributed by atoms with van der Waals surface area (Å²) in [5.74, 6) is 0.721. The molecule has 0 amide bonds. The normalized spacial score (nSPS) is 31.1. The van der Waals surface area contributed by atoms with Gasteiger partial charge < -0.3 is 0 Å². The molecule has 0 saturated heterocycles. The lowest BCUT2D eigenvalue weighted by Crippen LogP contribution is -2.33. The molecule has 0 heterocycles. The van der Waals surface area contributed by atoms with Gasteiger partial charge in [0.2, 0.25) is 0 Å². The molecule has 100 valence electrons. The summed E-state index contributed by atoms with van der Waals surface area (Å²) in [7, 11) is -1.22. The average Bonchev–Trinajstić information content (AvgIpc) is 2.40. The number of hydrogen-bond acceptors (Lipinski definition) is 0. The highest BCUT2D eigenvalue weighted by Gasteiger charge is 2.44. The molecule has 2 aliphatic carbocycles. The fourth-order valence-corrected chi connectivity index (χ4v) is 7.22. The smallest absolute Gasteiger partial charge is 0.0735 e. The Hall–Kier alpha value is -0.563. The summed E-state index contributed by atoms with van der Waals surface area (Å²) < 4.78 is 0. The highest BCUT2D eigenvalue weighted by atomic mass is 28.3. The Bertz CT molecular complexity index is 406. The Kier molecular flexibility index (Phi) is 3.73. The van der Waals surface area contributed by atoms with Crippen molar-refractivity contribution in [2.24, 2.45) is 11.3 Å². The summed E-state index contributed by atoms with van der Waals surface area (Å²) in [5.41, 5.74) is 2.15. The molecular formula is C17H28Si. The maximum absolute atomic E-state index is 2.52. The first kappa shape index (κ1) is 13.9. The molecule has 18 heavy (non-hydrogen) atoms. The van der Waals surface area contributed by atoms with Crippen molar-refractivity contribution in [3.63, 3.8) is 0 Å². The molecule has 0 radical (unpaired) electrons. The van der Waals surface area contributed by atoms with Crippen LogP contribution < -0.4 is 0 Å². The van der Waals surface area contributed by atoms with Crippen molar-refractivity contribution in [1.29, 1.82) is 0 Å². The zero-order chi connectivity index (χ0) is 13.4. The van der Waals surface area contributed by atoms with E-state index in [1.807, 2.05) is 5.20 Å². The second-order valence-electron chi connectivity index (χ2n) is 7.23. The molecule has 0 fully saturated rings. The molecule has 0 aromatic heterocycles. The number of allylic oxidation sites excluding steroid dienone is 6. The third-order valence-electron chi connectivity index (χ3n) is 4.45. The quantitative estimate of drug-likeness (QED) is 0.585. The highest BCUT2D eigenvalue weighted by molar-refractivity contribution is 6.83. The molecule has 2 atom stereocenters. The molecule has 0 aromatic carbocycles. The number of fused-ring (bicyclic) bond motifs is 2. The Labute approximate surface area is 114 Å². The van der Waals surface area contributed by atoms with Crippen LogP contribution in [0.2, 0.25) is 19.6 Å². The first-order chi connectivity index (χ1) is 8.38. The zero-order valence-corrected chi connectivity index (χ0v) is 13.7. The highest BCUT2D eigenvalue weighted by Crippen LogP contribution is 2.53. The molecule has 0 saturated carbocycles. The van der Waals surface area contributed by atoms with Crippen molar-refractivity contribution in [2.45, 2.75) is 59.2 Å². The third-order valence-corrected chi connectivity index (χ3v) is 6.84. The van der Waals surface area contributed by atoms with Gasteiger partial charge >= 0.3 is 0 Å². The van der Waals surface area contributed by atoms with Gasteiger partial charge in [-0.15, -0.1) is 0 Å². The van der Waals surface area contributed by atoms with Crippen LogP contribution in [0.25, 0.3) is 0 Å². The summed E-state index contributed by atoms with van der Waals surface area (Å²) in [6, 6.07) is 0. The van der Waals surface area contributed by atoms with Crippen LogP contribution in [0.4, 0.5) is 0 Å². The van der Waals surface area contributed by atoms with E-state index in [2.05, 4.69) is 57.8 Å². The number of unbranched alkanes of at least 4 members (excludes halogenated alkanes) is 1. The van der Waals surface area contributed by atoms with Crippen molar-refractivity contribution in [3.05, 3.63) is 35.1 Å². The van der Waals surface area contributed by atoms with Gasteiger partial charge in [0.25, 0.3) is 0 Å². The van der Waals surface area contributed by atoms with Crippen molar-refractivity contribution in [1.82, 2.24) is 0 Å². The molecule has 0 aromatic rings. The molecular weight excluding hydrogens is 232 g/mol. The fraction of sp³-hybridized carbons (Fsp3) is 0.647. The first-order valence-corrected chi connectivity index (χ1v) is 11.0. The maximum Gasteiger partial charge on any atom is 0.0735 e. The SMILES string of the molecule is CCCCC1=C([Si](C)(C)C)C2(C)C=CC=CC1C2. The van der Waals surface area contributed by atoms with Gasteiger partial charge in [0.05, 0.1) is 8.07 Å². The van der Waals surface area contributed by atoms with E-state index in [-0.39, 0.29) is 0 Å². The van der Waals surface area contributed by atoms with Crippen molar-refractivity contribution in [3.8, 4) is 0 Å². The largest absolute Gasteiger partial charge is 0.0773 e. The molecule has 0 spiro atoms. The molecule has 0 nitrogen and oxygen atoms in total. The van der Waals surface area contributed by atoms with Crippen molar-refractivity contribution < 1.29 is 0 Å². The van der Waals surface area contributed by atoms with E-state index < -0.39 is 8.07 Å². The molecule has 2 aliphatic rings. The monoisotopic (exact) mass is 260 g/mol. The minimum Gasteiger partial charge on any atom is -0.0773 e. The fourth-order valence-electron chi connectivity index (χ4n) is 4.05. The molecule has 2 bridgehead atoms. The van der Waals surface area contributed by atoms with Crippen molar-refractivity contribution >= 4 is 8.07 Å². The summed E-state index contributed by atoms with van der Waals surface area (Å²) in [6.45, 7) is 12.3. The molecule has 0 aliphatic heterocycles. The first-order valence-electron chi connectivity index (χ1n) is 7.48. The van der Waals surface area contributed by atoms with E-state index in [1.54, 1.807) is 5.57 Å². The number of hydrogen-bond donors (Lipinski definition) is 0. The lowest BCUT2D eigenvalue weighted by Gasteiger charge is -2.33. The van der Waals surface area contributed by atoms with Crippen LogP contribution in [0.15, 0.2) is 35.1 Å². The Morgan fingerprint density at radius 3 is 2.61 bits per heavy atom. The lowest BCUT2D eigenvalue weighted by molar-refractivity contribution is 0.485. The second-order valence-corrected chi connectivity index (χ2v) is 12.2. The van der Waals surface area contributed by atoms with Crippen molar-refractivity contribution in [2.75, 3.05) is 0 Å². The van der Waals surface area contributed by atoms with Crippen LogP contribution in [0.5, 0.6) is 0 Å². The van der Waals surface area contributed by atoms with E-state index in [4.69, 9.17) is 0 Å². The van der Waals surface area contributed by atoms with Crippen LogP contribution in [-0.2, 0) is 0 Å². The summed E-state index contributed by atoms with van der Waals surface area (Å²) >= 11 is 0. The third kappa shape index (κ3) is 2.42. The Morgan fingerprint density at radius 1 is 1.28 bits per heavy atom. The minimum atomic E-state index is -1.22. The topological polar surface area (TPSA) is 0 Å². The van der Waals surface area contributed by atoms with Crippen LogP contribution >= 0.6 is 0 Å². The van der Waals surface area contributed by atoms with Crippen LogP contribution in [-0.4, -0.2) is 8.07 Å². The van der Waals surface area contributed by atoms with E-state index in [0.717, 1.165) is 5.92 Å². The van der Waals surface area contributed by atoms with E-state index >= 15 is 0 Å². The van der Waals surface area contributed by atoms with Gasteiger partial charge in [-0.2, -0.15) is 0 Å². The molecule has 1 heteroatoms. The molecule has 2 rings (SSSR count). The Morgan fingerprint density at radius 2 is 2.00 bits per heavy atom. The predicted octanol–water partition coefficient (Wildman–Crippen LogP) is 5.50. The molecule has 0 N–H and O–H groups in total. The second kappa shape index (κ2) is 4.84. The van der Waals surface area contributed by atoms with E-state index in [9.17, 15) is 0 Å². The lowest BCUT2D eigenvalue weighted by atomic mass is 9.88. The van der Waals surface area contributed by atoms with Crippen LogP contribution in [0.3, 0.4) is 0 Å². The van der Waals surface area contributed by atoms with Gasteiger partial charge in [-0.25, -0.2) is 0 Å². The van der Waals surface area contributed by atoms with Crippen LogP contribution in [0.1, 0.15) is 39.5 Å². The van der Waals surface area contributed by atoms with E-state index in [0.29, 0.717) is 5.41 Å². The van der Waals surface area contributed by atoms with Gasteiger partial charge in [-0.3, -0.25) is 0 Å². The number of rotatable bonds is 4. The van der Waals surface area contributed by atoms with Gasteiger partial charge in [-0.1, -0.05) is 75.0 Å². The van der Waals surface area contributed by atoms with Gasteiger partial charge in [0, 0.05) is 5.41 Å². The summed E-state index contributed by atoms with van der Waals surface area (Å²) in [6.07, 6.45) is 14.8. The Balaban J connectivity index is 2.48. The maximum atomic E-state index is 2.52. The molecule has 2 unspecified atom stereocenters. The summed E-state index contributed by atoms with van der Waals surface area (Å²) in [5, 5.41) is 1.86.